The van der Waals surface area contributed by atoms with Crippen LogP contribution in [0.2, 0.25) is 0 Å². The minimum Gasteiger partial charge on any atom is -0.423 e. The second-order valence-electron chi connectivity index (χ2n) is 11.2. The van der Waals surface area contributed by atoms with Gasteiger partial charge in [-0.2, -0.15) is 0 Å². The van der Waals surface area contributed by atoms with E-state index >= 15 is 0 Å². The summed E-state index contributed by atoms with van der Waals surface area (Å²) in [5.41, 5.74) is 6.33. The quantitative estimate of drug-likeness (QED) is 0.106. The Kier molecular flexibility index (Phi) is 9.73. The lowest BCUT2D eigenvalue weighted by molar-refractivity contribution is 0.0725. The van der Waals surface area contributed by atoms with Crippen LogP contribution in [0.3, 0.4) is 0 Å². The molecule has 244 valence electrons. The highest BCUT2D eigenvalue weighted by Crippen LogP contribution is 2.26. The van der Waals surface area contributed by atoms with Gasteiger partial charge < -0.3 is 9.47 Å². The molecule has 0 aliphatic heterocycles. The lowest BCUT2D eigenvalue weighted by Crippen LogP contribution is -2.09. The van der Waals surface area contributed by atoms with E-state index in [-0.39, 0.29) is 21.3 Å². The number of esters is 2. The van der Waals surface area contributed by atoms with Gasteiger partial charge in [-0.15, -0.1) is 0 Å². The Hall–Kier alpha value is -5.93. The SMILES string of the molecule is CCc1ccc(-c2ccc(C(=O)Oc3ccc(S(=O)(=O)c4ccc(OC(=O)c5ccc(-c6ccc(CC)cn6)cc5)cc4)cc3)cc2)nc1. The van der Waals surface area contributed by atoms with E-state index < -0.39 is 21.8 Å². The molecule has 2 heterocycles. The van der Waals surface area contributed by atoms with E-state index in [9.17, 15) is 18.0 Å². The summed E-state index contributed by atoms with van der Waals surface area (Å²) in [6, 6.07) is 33.0. The molecule has 0 unspecified atom stereocenters. The molecule has 4 aromatic carbocycles. The van der Waals surface area contributed by atoms with Gasteiger partial charge >= 0.3 is 11.9 Å². The lowest BCUT2D eigenvalue weighted by atomic mass is 10.1. The maximum absolute atomic E-state index is 13.3. The van der Waals surface area contributed by atoms with Crippen LogP contribution in [0.25, 0.3) is 22.5 Å². The predicted octanol–water partition coefficient (Wildman–Crippen LogP) is 8.21. The lowest BCUT2D eigenvalue weighted by Gasteiger charge is -2.09. The van der Waals surface area contributed by atoms with Crippen molar-refractivity contribution in [2.75, 3.05) is 0 Å². The Morgan fingerprint density at radius 3 is 1.18 bits per heavy atom. The van der Waals surface area contributed by atoms with E-state index in [0.29, 0.717) is 11.1 Å². The van der Waals surface area contributed by atoms with Crippen molar-refractivity contribution in [3.63, 3.8) is 0 Å². The molecule has 49 heavy (non-hydrogen) atoms. The summed E-state index contributed by atoms with van der Waals surface area (Å²) in [5.74, 6) is -0.746. The zero-order valence-corrected chi connectivity index (χ0v) is 27.7. The molecule has 0 bridgehead atoms. The molecule has 2 aromatic heterocycles. The van der Waals surface area contributed by atoms with Crippen LogP contribution in [0.1, 0.15) is 45.7 Å². The molecule has 0 fully saturated rings. The minimum absolute atomic E-state index is 0.0156. The fourth-order valence-electron chi connectivity index (χ4n) is 5.00. The zero-order valence-electron chi connectivity index (χ0n) is 26.9. The standard InChI is InChI=1S/C40H32N2O6S/c1-3-27-5-23-37(41-25-27)29-7-11-31(12-8-29)39(43)47-33-15-19-35(20-16-33)49(45,46)36-21-17-34(18-22-36)48-40(44)32-13-9-30(10-14-32)38-24-6-28(4-2)26-42-38/h5-26H,3-4H2,1-2H3. The third kappa shape index (κ3) is 7.63. The van der Waals surface area contributed by atoms with Gasteiger partial charge in [0.15, 0.2) is 0 Å². The number of aromatic nitrogens is 2. The van der Waals surface area contributed by atoms with Crippen LogP contribution in [0.15, 0.2) is 144 Å². The summed E-state index contributed by atoms with van der Waals surface area (Å²) in [4.78, 5) is 34.5. The highest BCUT2D eigenvalue weighted by molar-refractivity contribution is 7.91. The second kappa shape index (κ2) is 14.5. The average Bonchev–Trinajstić information content (AvgIpc) is 3.15. The van der Waals surface area contributed by atoms with Gasteiger partial charge in [-0.1, -0.05) is 50.2 Å². The van der Waals surface area contributed by atoms with Crippen LogP contribution in [0, 0.1) is 0 Å². The molecular weight excluding hydrogens is 637 g/mol. The molecule has 8 nitrogen and oxygen atoms in total. The van der Waals surface area contributed by atoms with E-state index in [1.807, 2.05) is 36.7 Å². The van der Waals surface area contributed by atoms with Crippen molar-refractivity contribution >= 4 is 21.8 Å². The van der Waals surface area contributed by atoms with E-state index in [1.165, 1.54) is 48.5 Å². The Morgan fingerprint density at radius 1 is 0.510 bits per heavy atom. The maximum Gasteiger partial charge on any atom is 0.343 e. The van der Waals surface area contributed by atoms with E-state index in [4.69, 9.17) is 9.47 Å². The summed E-state index contributed by atoms with van der Waals surface area (Å²) in [6.45, 7) is 4.13. The van der Waals surface area contributed by atoms with Gasteiger partial charge in [0.05, 0.1) is 32.3 Å². The molecule has 9 heteroatoms. The number of ether oxygens (including phenoxy) is 2. The fraction of sp³-hybridized carbons (Fsp3) is 0.100. The molecule has 6 rings (SSSR count). The van der Waals surface area contributed by atoms with Gasteiger partial charge in [-0.25, -0.2) is 18.0 Å². The first-order valence-corrected chi connectivity index (χ1v) is 17.2. The number of rotatable bonds is 10. The van der Waals surface area contributed by atoms with E-state index in [1.54, 1.807) is 48.5 Å². The second-order valence-corrected chi connectivity index (χ2v) is 13.1. The number of benzene rings is 4. The van der Waals surface area contributed by atoms with Crippen molar-refractivity contribution in [3.05, 3.63) is 156 Å². The van der Waals surface area contributed by atoms with Crippen LogP contribution in [0.4, 0.5) is 0 Å². The van der Waals surface area contributed by atoms with Crippen molar-refractivity contribution in [3.8, 4) is 34.0 Å². The van der Waals surface area contributed by atoms with Gasteiger partial charge in [0.1, 0.15) is 11.5 Å². The largest absolute Gasteiger partial charge is 0.423 e. The van der Waals surface area contributed by atoms with Crippen LogP contribution in [0.5, 0.6) is 11.5 Å². The van der Waals surface area contributed by atoms with Crippen molar-refractivity contribution in [1.82, 2.24) is 9.97 Å². The van der Waals surface area contributed by atoms with Crippen LogP contribution in [-0.4, -0.2) is 30.3 Å². The van der Waals surface area contributed by atoms with Gasteiger partial charge in [-0.05, 0) is 109 Å². The first-order chi connectivity index (χ1) is 23.7. The van der Waals surface area contributed by atoms with Crippen molar-refractivity contribution in [2.24, 2.45) is 0 Å². The minimum atomic E-state index is -3.90. The number of aryl methyl sites for hydroxylation is 2. The normalized spacial score (nSPS) is 11.1. The Bertz CT molecular complexity index is 2030. The molecule has 6 aromatic rings. The van der Waals surface area contributed by atoms with E-state index in [2.05, 4.69) is 23.8 Å². The molecule has 0 aliphatic rings. The summed E-state index contributed by atoms with van der Waals surface area (Å²) in [6.07, 6.45) is 5.48. The molecular formula is C40H32N2O6S. The summed E-state index contributed by atoms with van der Waals surface area (Å²) < 4.78 is 37.5. The Labute approximate surface area is 285 Å². The Balaban J connectivity index is 1.06. The molecule has 0 atom stereocenters. The number of carbonyl (C=O) groups excluding carboxylic acids is 2. The van der Waals surface area contributed by atoms with Gasteiger partial charge in [0.25, 0.3) is 0 Å². The monoisotopic (exact) mass is 668 g/mol. The average molecular weight is 669 g/mol. The molecule has 0 saturated carbocycles. The predicted molar refractivity (Wildman–Crippen MR) is 186 cm³/mol. The molecule has 0 N–H and O–H groups in total. The number of sulfone groups is 1. The van der Waals surface area contributed by atoms with Crippen LogP contribution < -0.4 is 9.47 Å². The molecule has 0 amide bonds. The summed E-state index contributed by atoms with van der Waals surface area (Å²) >= 11 is 0. The third-order valence-electron chi connectivity index (χ3n) is 7.99. The highest BCUT2D eigenvalue weighted by Gasteiger charge is 2.19. The topological polar surface area (TPSA) is 113 Å². The molecule has 0 aliphatic carbocycles. The van der Waals surface area contributed by atoms with Gasteiger partial charge in [0, 0.05) is 23.5 Å². The van der Waals surface area contributed by atoms with Crippen molar-refractivity contribution in [2.45, 2.75) is 36.5 Å². The smallest absolute Gasteiger partial charge is 0.343 e. The maximum atomic E-state index is 13.3. The van der Waals surface area contributed by atoms with Crippen molar-refractivity contribution in [1.29, 1.82) is 0 Å². The molecule has 0 saturated heterocycles. The van der Waals surface area contributed by atoms with Crippen LogP contribution in [-0.2, 0) is 22.7 Å². The van der Waals surface area contributed by atoms with Crippen LogP contribution >= 0.6 is 0 Å². The first kappa shape index (κ1) is 33.0. The van der Waals surface area contributed by atoms with E-state index in [0.717, 1.165) is 46.5 Å². The molecule has 0 spiro atoms. The summed E-state index contributed by atoms with van der Waals surface area (Å²) in [5, 5.41) is 0. The first-order valence-electron chi connectivity index (χ1n) is 15.7. The number of hydrogen-bond acceptors (Lipinski definition) is 8. The molecule has 0 radical (unpaired) electrons. The Morgan fingerprint density at radius 2 is 0.878 bits per heavy atom. The number of nitrogens with zero attached hydrogens (tertiary/aromatic N) is 2. The van der Waals surface area contributed by atoms with Gasteiger partial charge in [-0.3, -0.25) is 9.97 Å². The van der Waals surface area contributed by atoms with Gasteiger partial charge in [0.2, 0.25) is 9.84 Å². The van der Waals surface area contributed by atoms with Crippen molar-refractivity contribution < 1.29 is 27.5 Å². The third-order valence-corrected chi connectivity index (χ3v) is 9.77. The highest BCUT2D eigenvalue weighted by atomic mass is 32.2. The zero-order chi connectivity index (χ0) is 34.4. The fourth-order valence-corrected chi connectivity index (χ4v) is 6.27. The summed E-state index contributed by atoms with van der Waals surface area (Å²) in [7, 11) is -3.90. The number of pyridine rings is 2. The number of carbonyl (C=O) groups is 2. The number of hydrogen-bond donors (Lipinski definition) is 0.